The van der Waals surface area contributed by atoms with Gasteiger partial charge in [0.1, 0.15) is 5.82 Å². The second-order valence-electron chi connectivity index (χ2n) is 5.26. The first-order valence-corrected chi connectivity index (χ1v) is 6.83. The second-order valence-corrected chi connectivity index (χ2v) is 5.26. The predicted octanol–water partition coefficient (Wildman–Crippen LogP) is 2.27. The lowest BCUT2D eigenvalue weighted by Crippen LogP contribution is -2.18. The van der Waals surface area contributed by atoms with Gasteiger partial charge in [0.25, 0.3) is 0 Å². The van der Waals surface area contributed by atoms with E-state index in [0.29, 0.717) is 5.82 Å². The maximum Gasteiger partial charge on any atom is 0.121 e. The number of hydrogen-bond donors (Lipinski definition) is 1. The number of nitrogen functional groups attached to an aromatic ring is 1. The van der Waals surface area contributed by atoms with Crippen LogP contribution in [0.4, 0.5) is 5.82 Å². The molecule has 0 atom stereocenters. The Kier molecular flexibility index (Phi) is 3.25. The Balaban J connectivity index is 1.82. The third-order valence-electron chi connectivity index (χ3n) is 3.74. The maximum absolute atomic E-state index is 5.84. The topological polar surface area (TPSA) is 47.1 Å². The predicted molar refractivity (Wildman–Crippen MR) is 77.6 cm³/mol. The number of aryl methyl sites for hydroxylation is 1. The summed E-state index contributed by atoms with van der Waals surface area (Å²) in [5.41, 5.74) is 9.28. The third kappa shape index (κ3) is 2.63. The van der Waals surface area contributed by atoms with E-state index in [9.17, 15) is 0 Å². The molecule has 1 aromatic carbocycles. The van der Waals surface area contributed by atoms with Crippen molar-refractivity contribution in [2.24, 2.45) is 7.05 Å². The molecule has 0 bridgehead atoms. The number of benzene rings is 1. The van der Waals surface area contributed by atoms with Crippen LogP contribution in [0.2, 0.25) is 0 Å². The van der Waals surface area contributed by atoms with Gasteiger partial charge in [0.05, 0.1) is 5.69 Å². The van der Waals surface area contributed by atoms with Crippen molar-refractivity contribution < 1.29 is 0 Å². The highest BCUT2D eigenvalue weighted by atomic mass is 15.3. The van der Waals surface area contributed by atoms with Crippen molar-refractivity contribution in [2.45, 2.75) is 19.4 Å². The molecule has 1 aliphatic heterocycles. The molecule has 2 N–H and O–H groups in total. The molecule has 0 unspecified atom stereocenters. The monoisotopic (exact) mass is 256 g/mol. The van der Waals surface area contributed by atoms with E-state index in [1.54, 1.807) is 4.68 Å². The summed E-state index contributed by atoms with van der Waals surface area (Å²) in [5, 5.41) is 4.43. The van der Waals surface area contributed by atoms with Crippen LogP contribution in [-0.2, 0) is 13.6 Å². The first kappa shape index (κ1) is 12.2. The van der Waals surface area contributed by atoms with Gasteiger partial charge in [-0.05, 0) is 37.6 Å². The molecule has 3 rings (SSSR count). The summed E-state index contributed by atoms with van der Waals surface area (Å²) in [6.45, 7) is 3.48. The smallest absolute Gasteiger partial charge is 0.121 e. The molecule has 1 aromatic heterocycles. The van der Waals surface area contributed by atoms with E-state index in [0.717, 1.165) is 17.8 Å². The van der Waals surface area contributed by atoms with E-state index in [4.69, 9.17) is 5.73 Å². The molecule has 0 amide bonds. The molecule has 1 saturated heterocycles. The van der Waals surface area contributed by atoms with Crippen LogP contribution in [0.3, 0.4) is 0 Å². The zero-order valence-electron chi connectivity index (χ0n) is 11.3. The largest absolute Gasteiger partial charge is 0.384 e. The number of nitrogens with two attached hydrogens (primary N) is 1. The zero-order chi connectivity index (χ0) is 13.2. The highest BCUT2D eigenvalue weighted by Crippen LogP contribution is 2.22. The molecule has 4 nitrogen and oxygen atoms in total. The van der Waals surface area contributed by atoms with Crippen LogP contribution in [0.5, 0.6) is 0 Å². The average Bonchev–Trinajstić information content (AvgIpc) is 3.01. The van der Waals surface area contributed by atoms with Crippen molar-refractivity contribution in [1.29, 1.82) is 0 Å². The van der Waals surface area contributed by atoms with Crippen molar-refractivity contribution in [2.75, 3.05) is 18.8 Å². The van der Waals surface area contributed by atoms with E-state index in [2.05, 4.69) is 34.3 Å². The standard InChI is InChI=1S/C15H20N4/c1-18-15(16)10-14(17-18)13-6-4-5-12(9-13)11-19-7-2-3-8-19/h4-6,9-10H,2-3,7-8,11,16H2,1H3. The van der Waals surface area contributed by atoms with Gasteiger partial charge in [-0.1, -0.05) is 18.2 Å². The van der Waals surface area contributed by atoms with Crippen LogP contribution in [0, 0.1) is 0 Å². The highest BCUT2D eigenvalue weighted by molar-refractivity contribution is 5.63. The minimum Gasteiger partial charge on any atom is -0.384 e. The quantitative estimate of drug-likeness (QED) is 0.916. The molecule has 0 spiro atoms. The van der Waals surface area contributed by atoms with Gasteiger partial charge in [-0.3, -0.25) is 9.58 Å². The Morgan fingerprint density at radius 3 is 2.68 bits per heavy atom. The normalized spacial score (nSPS) is 16.1. The minimum absolute atomic E-state index is 0.694. The fourth-order valence-corrected chi connectivity index (χ4v) is 2.65. The summed E-state index contributed by atoms with van der Waals surface area (Å²) in [5.74, 6) is 0.694. The third-order valence-corrected chi connectivity index (χ3v) is 3.74. The zero-order valence-corrected chi connectivity index (χ0v) is 11.3. The van der Waals surface area contributed by atoms with Crippen molar-refractivity contribution in [1.82, 2.24) is 14.7 Å². The van der Waals surface area contributed by atoms with Crippen molar-refractivity contribution in [3.63, 3.8) is 0 Å². The summed E-state index contributed by atoms with van der Waals surface area (Å²) in [6, 6.07) is 10.5. The molecule has 0 radical (unpaired) electrons. The van der Waals surface area contributed by atoms with Crippen LogP contribution in [0.15, 0.2) is 30.3 Å². The van der Waals surface area contributed by atoms with Gasteiger partial charge in [0.15, 0.2) is 0 Å². The number of anilines is 1. The van der Waals surface area contributed by atoms with Crippen LogP contribution in [-0.4, -0.2) is 27.8 Å². The molecule has 1 fully saturated rings. The van der Waals surface area contributed by atoms with Crippen molar-refractivity contribution in [3.8, 4) is 11.3 Å². The Hall–Kier alpha value is -1.81. The molecule has 4 heteroatoms. The number of nitrogens with zero attached hydrogens (tertiary/aromatic N) is 3. The lowest BCUT2D eigenvalue weighted by Gasteiger charge is -2.14. The molecular weight excluding hydrogens is 236 g/mol. The Morgan fingerprint density at radius 1 is 1.21 bits per heavy atom. The van der Waals surface area contributed by atoms with Gasteiger partial charge < -0.3 is 5.73 Å². The van der Waals surface area contributed by atoms with E-state index in [1.165, 1.54) is 31.5 Å². The van der Waals surface area contributed by atoms with Crippen LogP contribution >= 0.6 is 0 Å². The summed E-state index contributed by atoms with van der Waals surface area (Å²) < 4.78 is 1.71. The summed E-state index contributed by atoms with van der Waals surface area (Å²) >= 11 is 0. The molecule has 100 valence electrons. The Labute approximate surface area is 113 Å². The highest BCUT2D eigenvalue weighted by Gasteiger charge is 2.12. The average molecular weight is 256 g/mol. The SMILES string of the molecule is Cn1nc(-c2cccc(CN3CCCC3)c2)cc1N. The molecule has 1 aliphatic rings. The van der Waals surface area contributed by atoms with Crippen LogP contribution < -0.4 is 5.73 Å². The van der Waals surface area contributed by atoms with Crippen LogP contribution in [0.25, 0.3) is 11.3 Å². The lowest BCUT2D eigenvalue weighted by molar-refractivity contribution is 0.331. The van der Waals surface area contributed by atoms with Gasteiger partial charge in [-0.2, -0.15) is 5.10 Å². The first-order valence-electron chi connectivity index (χ1n) is 6.83. The molecule has 19 heavy (non-hydrogen) atoms. The lowest BCUT2D eigenvalue weighted by atomic mass is 10.1. The van der Waals surface area contributed by atoms with Gasteiger partial charge >= 0.3 is 0 Å². The van der Waals surface area contributed by atoms with E-state index in [-0.39, 0.29) is 0 Å². The van der Waals surface area contributed by atoms with Crippen LogP contribution in [0.1, 0.15) is 18.4 Å². The molecule has 2 heterocycles. The summed E-state index contributed by atoms with van der Waals surface area (Å²) in [4.78, 5) is 2.51. The molecule has 0 aliphatic carbocycles. The molecular formula is C15H20N4. The maximum atomic E-state index is 5.84. The van der Waals surface area contributed by atoms with Gasteiger partial charge in [0.2, 0.25) is 0 Å². The van der Waals surface area contributed by atoms with E-state index < -0.39 is 0 Å². The second kappa shape index (κ2) is 5.05. The molecule has 0 saturated carbocycles. The van der Waals surface area contributed by atoms with E-state index >= 15 is 0 Å². The summed E-state index contributed by atoms with van der Waals surface area (Å²) in [7, 11) is 1.87. The fourth-order valence-electron chi connectivity index (χ4n) is 2.65. The van der Waals surface area contributed by atoms with Crippen molar-refractivity contribution in [3.05, 3.63) is 35.9 Å². The minimum atomic E-state index is 0.694. The van der Waals surface area contributed by atoms with Gasteiger partial charge in [-0.25, -0.2) is 0 Å². The number of rotatable bonds is 3. The van der Waals surface area contributed by atoms with Gasteiger partial charge in [-0.15, -0.1) is 0 Å². The van der Waals surface area contributed by atoms with Crippen molar-refractivity contribution >= 4 is 5.82 Å². The Morgan fingerprint density at radius 2 is 2.00 bits per heavy atom. The molecule has 2 aromatic rings. The number of aromatic nitrogens is 2. The summed E-state index contributed by atoms with van der Waals surface area (Å²) in [6.07, 6.45) is 2.66. The first-order chi connectivity index (χ1) is 9.22. The van der Waals surface area contributed by atoms with Gasteiger partial charge in [0, 0.05) is 25.2 Å². The fraction of sp³-hybridized carbons (Fsp3) is 0.400. The number of hydrogen-bond acceptors (Lipinski definition) is 3. The Bertz CT molecular complexity index is 548. The number of likely N-dealkylation sites (tertiary alicyclic amines) is 1. The van der Waals surface area contributed by atoms with E-state index in [1.807, 2.05) is 13.1 Å².